The second-order valence-corrected chi connectivity index (χ2v) is 5.69. The van der Waals surface area contributed by atoms with Crippen LogP contribution in [0.5, 0.6) is 0 Å². The maximum atomic E-state index is 13.6. The van der Waals surface area contributed by atoms with Gasteiger partial charge in [-0.15, -0.1) is 5.10 Å². The van der Waals surface area contributed by atoms with Crippen molar-refractivity contribution in [2.75, 3.05) is 10.5 Å². The number of halogens is 1. The molecule has 0 amide bonds. The molecule has 0 saturated heterocycles. The Morgan fingerprint density at radius 2 is 1.90 bits per heavy atom. The van der Waals surface area contributed by atoms with Gasteiger partial charge in [-0.2, -0.15) is 5.10 Å². The summed E-state index contributed by atoms with van der Waals surface area (Å²) in [6, 6.07) is 3.61. The Morgan fingerprint density at radius 3 is 2.50 bits per heavy atom. The standard InChI is InChI=1S/C11H12FN5O2S/c1-6-7(2)15-16-11(14-6)17-20(18,19)10-8(12)4-3-5-9(10)13/h3-5H,13H2,1-2H3,(H,14,16,17). The molecule has 2 aromatic rings. The smallest absolute Gasteiger partial charge is 0.269 e. The molecule has 0 aliphatic carbocycles. The van der Waals surface area contributed by atoms with Crippen LogP contribution in [0, 0.1) is 19.7 Å². The molecule has 0 aliphatic heterocycles. The van der Waals surface area contributed by atoms with Crippen LogP contribution in [0.2, 0.25) is 0 Å². The molecular weight excluding hydrogens is 285 g/mol. The van der Waals surface area contributed by atoms with Crippen molar-refractivity contribution in [3.05, 3.63) is 35.4 Å². The van der Waals surface area contributed by atoms with Gasteiger partial charge < -0.3 is 5.73 Å². The third-order valence-corrected chi connectivity index (χ3v) is 4.00. The second kappa shape index (κ2) is 5.00. The topological polar surface area (TPSA) is 111 Å². The summed E-state index contributed by atoms with van der Waals surface area (Å²) in [5.41, 5.74) is 6.38. The number of nitrogens with two attached hydrogens (primary N) is 1. The van der Waals surface area contributed by atoms with Crippen LogP contribution in [0.15, 0.2) is 23.1 Å². The molecule has 1 aromatic heterocycles. The zero-order chi connectivity index (χ0) is 14.9. The summed E-state index contributed by atoms with van der Waals surface area (Å²) >= 11 is 0. The first kappa shape index (κ1) is 14.1. The van der Waals surface area contributed by atoms with E-state index in [4.69, 9.17) is 5.73 Å². The highest BCUT2D eigenvalue weighted by Crippen LogP contribution is 2.23. The summed E-state index contributed by atoms with van der Waals surface area (Å²) in [5, 5.41) is 7.33. The summed E-state index contributed by atoms with van der Waals surface area (Å²) in [6.07, 6.45) is 0. The molecule has 0 radical (unpaired) electrons. The highest BCUT2D eigenvalue weighted by Gasteiger charge is 2.23. The molecule has 3 N–H and O–H groups in total. The van der Waals surface area contributed by atoms with Crippen LogP contribution < -0.4 is 10.5 Å². The molecule has 20 heavy (non-hydrogen) atoms. The molecule has 0 aliphatic rings. The van der Waals surface area contributed by atoms with Crippen LogP contribution >= 0.6 is 0 Å². The number of nitrogens with zero attached hydrogens (tertiary/aromatic N) is 3. The number of hydrogen-bond acceptors (Lipinski definition) is 6. The molecular formula is C11H12FN5O2S. The summed E-state index contributed by atoms with van der Waals surface area (Å²) in [5.74, 6) is -1.19. The van der Waals surface area contributed by atoms with Gasteiger partial charge in [0, 0.05) is 0 Å². The van der Waals surface area contributed by atoms with Crippen LogP contribution in [0.4, 0.5) is 16.0 Å². The molecule has 1 heterocycles. The lowest BCUT2D eigenvalue weighted by Gasteiger charge is -2.09. The number of sulfonamides is 1. The van der Waals surface area contributed by atoms with Gasteiger partial charge in [-0.3, -0.25) is 0 Å². The molecule has 0 fully saturated rings. The molecule has 2 rings (SSSR count). The molecule has 0 saturated carbocycles. The van der Waals surface area contributed by atoms with Crippen LogP contribution in [-0.2, 0) is 10.0 Å². The van der Waals surface area contributed by atoms with E-state index < -0.39 is 20.7 Å². The van der Waals surface area contributed by atoms with Gasteiger partial charge in [-0.25, -0.2) is 22.5 Å². The highest BCUT2D eigenvalue weighted by atomic mass is 32.2. The Morgan fingerprint density at radius 1 is 1.20 bits per heavy atom. The zero-order valence-electron chi connectivity index (χ0n) is 10.8. The average Bonchev–Trinajstić information content (AvgIpc) is 2.33. The molecule has 7 nitrogen and oxygen atoms in total. The Balaban J connectivity index is 2.43. The van der Waals surface area contributed by atoms with Crippen molar-refractivity contribution in [3.8, 4) is 0 Å². The Kier molecular flexibility index (Phi) is 3.53. The SMILES string of the molecule is Cc1nnc(NS(=O)(=O)c2c(N)cccc2F)nc1C. The lowest BCUT2D eigenvalue weighted by Crippen LogP contribution is -2.19. The molecule has 0 unspecified atom stereocenters. The number of benzene rings is 1. The fourth-order valence-electron chi connectivity index (χ4n) is 1.48. The van der Waals surface area contributed by atoms with Crippen molar-refractivity contribution in [2.45, 2.75) is 18.7 Å². The van der Waals surface area contributed by atoms with E-state index in [0.29, 0.717) is 11.4 Å². The van der Waals surface area contributed by atoms with Crippen LogP contribution in [-0.4, -0.2) is 23.6 Å². The molecule has 1 aromatic carbocycles. The maximum Gasteiger partial charge on any atom is 0.269 e. The van der Waals surface area contributed by atoms with Gasteiger partial charge in [0.05, 0.1) is 17.1 Å². The predicted molar refractivity (Wildman–Crippen MR) is 70.9 cm³/mol. The molecule has 0 atom stereocenters. The van der Waals surface area contributed by atoms with Gasteiger partial charge in [0.15, 0.2) is 0 Å². The average molecular weight is 297 g/mol. The first-order valence-corrected chi connectivity index (χ1v) is 7.04. The predicted octanol–water partition coefficient (Wildman–Crippen LogP) is 1.01. The van der Waals surface area contributed by atoms with Crippen molar-refractivity contribution in [1.82, 2.24) is 15.2 Å². The number of rotatable bonds is 3. The van der Waals surface area contributed by atoms with Gasteiger partial charge in [0.2, 0.25) is 0 Å². The van der Waals surface area contributed by atoms with E-state index in [-0.39, 0.29) is 11.6 Å². The van der Waals surface area contributed by atoms with Crippen LogP contribution in [0.25, 0.3) is 0 Å². The molecule has 0 bridgehead atoms. The third kappa shape index (κ3) is 2.67. The first-order chi connectivity index (χ1) is 9.31. The number of nitrogen functional groups attached to an aromatic ring is 1. The van der Waals surface area contributed by atoms with Gasteiger partial charge in [-0.05, 0) is 26.0 Å². The normalized spacial score (nSPS) is 11.3. The minimum Gasteiger partial charge on any atom is -0.398 e. The van der Waals surface area contributed by atoms with E-state index in [1.54, 1.807) is 13.8 Å². The summed E-state index contributed by atoms with van der Waals surface area (Å²) in [7, 11) is -4.22. The van der Waals surface area contributed by atoms with Gasteiger partial charge >= 0.3 is 0 Å². The minimum absolute atomic E-state index is 0.200. The summed E-state index contributed by atoms with van der Waals surface area (Å²) in [6.45, 7) is 3.34. The van der Waals surface area contributed by atoms with E-state index >= 15 is 0 Å². The number of hydrogen-bond donors (Lipinski definition) is 2. The van der Waals surface area contributed by atoms with E-state index in [1.807, 2.05) is 0 Å². The number of nitrogens with one attached hydrogen (secondary N) is 1. The first-order valence-electron chi connectivity index (χ1n) is 5.56. The van der Waals surface area contributed by atoms with E-state index in [0.717, 1.165) is 6.07 Å². The van der Waals surface area contributed by atoms with Crippen molar-refractivity contribution in [2.24, 2.45) is 0 Å². The maximum absolute atomic E-state index is 13.6. The second-order valence-electron chi connectivity index (χ2n) is 4.07. The van der Waals surface area contributed by atoms with Crippen molar-refractivity contribution >= 4 is 21.7 Å². The fourth-order valence-corrected chi connectivity index (χ4v) is 2.61. The third-order valence-electron chi connectivity index (χ3n) is 2.58. The Labute approximate surface area is 115 Å². The summed E-state index contributed by atoms with van der Waals surface area (Å²) in [4.78, 5) is 3.28. The quantitative estimate of drug-likeness (QED) is 0.818. The lowest BCUT2D eigenvalue weighted by molar-refractivity contribution is 0.571. The monoisotopic (exact) mass is 297 g/mol. The zero-order valence-corrected chi connectivity index (χ0v) is 11.6. The van der Waals surface area contributed by atoms with Crippen molar-refractivity contribution in [1.29, 1.82) is 0 Å². The van der Waals surface area contributed by atoms with Crippen molar-refractivity contribution < 1.29 is 12.8 Å². The van der Waals surface area contributed by atoms with Crippen molar-refractivity contribution in [3.63, 3.8) is 0 Å². The van der Waals surface area contributed by atoms with Gasteiger partial charge in [0.1, 0.15) is 10.7 Å². The molecule has 106 valence electrons. The van der Waals surface area contributed by atoms with Crippen LogP contribution in [0.1, 0.15) is 11.4 Å². The number of aromatic nitrogens is 3. The van der Waals surface area contributed by atoms with E-state index in [1.165, 1.54) is 12.1 Å². The Bertz CT molecular complexity index is 743. The van der Waals surface area contributed by atoms with E-state index in [2.05, 4.69) is 19.9 Å². The van der Waals surface area contributed by atoms with Crippen LogP contribution in [0.3, 0.4) is 0 Å². The largest absolute Gasteiger partial charge is 0.398 e. The number of anilines is 2. The van der Waals surface area contributed by atoms with E-state index in [9.17, 15) is 12.8 Å². The Hall–Kier alpha value is -2.29. The van der Waals surface area contributed by atoms with Gasteiger partial charge in [-0.1, -0.05) is 6.07 Å². The van der Waals surface area contributed by atoms with Gasteiger partial charge in [0.25, 0.3) is 16.0 Å². The number of aryl methyl sites for hydroxylation is 2. The minimum atomic E-state index is -4.22. The summed E-state index contributed by atoms with van der Waals surface area (Å²) < 4.78 is 39.9. The fraction of sp³-hybridized carbons (Fsp3) is 0.182. The lowest BCUT2D eigenvalue weighted by atomic mass is 10.3. The molecule has 9 heteroatoms. The highest BCUT2D eigenvalue weighted by molar-refractivity contribution is 7.92. The molecule has 0 spiro atoms.